The van der Waals surface area contributed by atoms with E-state index in [4.69, 9.17) is 0 Å². The van der Waals surface area contributed by atoms with Crippen molar-refractivity contribution in [3.8, 4) is 0 Å². The van der Waals surface area contributed by atoms with Gasteiger partial charge in [0.15, 0.2) is 6.23 Å². The largest absolute Gasteiger partial charge is 0.345 e. The number of quaternary nitrogens is 1. The van der Waals surface area contributed by atoms with Gasteiger partial charge >= 0.3 is 0 Å². The molecule has 0 amide bonds. The van der Waals surface area contributed by atoms with Crippen molar-refractivity contribution in [2.45, 2.75) is 58.8 Å². The number of hydrogen-bond donors (Lipinski definition) is 1. The molecule has 0 saturated carbocycles. The Balaban J connectivity index is 2.53. The number of aliphatic imine (C=N–C) groups is 1. The molecule has 0 fully saturated rings. The maximum absolute atomic E-state index is 9.97. The van der Waals surface area contributed by atoms with Gasteiger partial charge in [-0.25, -0.2) is 4.99 Å². The highest BCUT2D eigenvalue weighted by molar-refractivity contribution is 5.60. The van der Waals surface area contributed by atoms with Crippen LogP contribution in [0.3, 0.4) is 0 Å². The van der Waals surface area contributed by atoms with Crippen LogP contribution < -0.4 is 0 Å². The van der Waals surface area contributed by atoms with E-state index in [1.54, 1.807) is 0 Å². The van der Waals surface area contributed by atoms with Crippen LogP contribution >= 0.6 is 0 Å². The van der Waals surface area contributed by atoms with Gasteiger partial charge in [-0.3, -0.25) is 4.48 Å². The van der Waals surface area contributed by atoms with E-state index in [-0.39, 0.29) is 12.4 Å². The first-order valence-electron chi connectivity index (χ1n) is 6.90. The molecule has 1 N–H and O–H groups in total. The molecule has 3 nitrogen and oxygen atoms in total. The van der Waals surface area contributed by atoms with Crippen molar-refractivity contribution in [2.24, 2.45) is 4.99 Å². The Labute approximate surface area is 105 Å². The molecule has 0 aliphatic carbocycles. The summed E-state index contributed by atoms with van der Waals surface area (Å²) < 4.78 is 0.657. The van der Waals surface area contributed by atoms with Crippen molar-refractivity contribution >= 4 is 6.21 Å². The average molecular weight is 239 g/mol. The number of likely N-dealkylation sites (N-methyl/N-ethyl adjacent to an activating group) is 1. The van der Waals surface area contributed by atoms with Gasteiger partial charge in [0.2, 0.25) is 6.17 Å². The predicted octanol–water partition coefficient (Wildman–Crippen LogP) is 2.71. The topological polar surface area (TPSA) is 32.6 Å². The summed E-state index contributed by atoms with van der Waals surface area (Å²) in [7, 11) is 0. The van der Waals surface area contributed by atoms with Gasteiger partial charge in [-0.15, -0.1) is 0 Å². The highest BCUT2D eigenvalue weighted by Gasteiger charge is 2.40. The van der Waals surface area contributed by atoms with Gasteiger partial charge in [-0.05, 0) is 25.8 Å². The van der Waals surface area contributed by atoms with Crippen LogP contribution in [0.15, 0.2) is 17.1 Å². The van der Waals surface area contributed by atoms with Crippen molar-refractivity contribution in [3.63, 3.8) is 0 Å². The molecule has 0 radical (unpaired) electrons. The summed E-state index contributed by atoms with van der Waals surface area (Å²) in [4.78, 5) is 4.50. The standard InChI is InChI=1S/C14H27N2O/c1-4-6-7-8-9-10-14-15-11-12-16(14,5-2)13(3)17/h9-11,13-14,17H,4-8,12H2,1-3H3/q+1/b10-9+. The average Bonchev–Trinajstić information content (AvgIpc) is 2.73. The minimum atomic E-state index is -0.354. The second kappa shape index (κ2) is 6.92. The van der Waals surface area contributed by atoms with E-state index in [0.717, 1.165) is 19.5 Å². The maximum atomic E-state index is 9.97. The summed E-state index contributed by atoms with van der Waals surface area (Å²) in [6.07, 6.45) is 11.1. The number of nitrogens with zero attached hydrogens (tertiary/aromatic N) is 2. The molecule has 0 bridgehead atoms. The molecule has 3 heteroatoms. The van der Waals surface area contributed by atoms with Crippen molar-refractivity contribution in [3.05, 3.63) is 12.2 Å². The van der Waals surface area contributed by atoms with Gasteiger partial charge in [0.1, 0.15) is 6.54 Å². The SMILES string of the molecule is CCCCC/C=C/C1N=CC[N+]1(CC)C(C)O. The van der Waals surface area contributed by atoms with Crippen LogP contribution in [-0.4, -0.2) is 41.3 Å². The molecule has 3 atom stereocenters. The fourth-order valence-corrected chi connectivity index (χ4v) is 2.45. The van der Waals surface area contributed by atoms with Crippen LogP contribution in [0.5, 0.6) is 0 Å². The van der Waals surface area contributed by atoms with Gasteiger partial charge in [-0.1, -0.05) is 25.8 Å². The van der Waals surface area contributed by atoms with Gasteiger partial charge in [0.25, 0.3) is 0 Å². The third kappa shape index (κ3) is 3.39. The molecule has 1 aliphatic rings. The Hall–Kier alpha value is -0.670. The van der Waals surface area contributed by atoms with E-state index in [0.29, 0.717) is 4.48 Å². The smallest absolute Gasteiger partial charge is 0.204 e. The van der Waals surface area contributed by atoms with E-state index in [1.165, 1.54) is 19.3 Å². The Bertz CT molecular complexity index is 273. The van der Waals surface area contributed by atoms with Crippen molar-refractivity contribution < 1.29 is 9.59 Å². The molecule has 0 aromatic rings. The van der Waals surface area contributed by atoms with Gasteiger partial charge < -0.3 is 5.11 Å². The molecule has 1 aliphatic heterocycles. The molecule has 98 valence electrons. The van der Waals surface area contributed by atoms with E-state index in [9.17, 15) is 5.11 Å². The number of unbranched alkanes of at least 4 members (excludes halogenated alkanes) is 3. The first-order chi connectivity index (χ1) is 8.17. The molecule has 0 aromatic carbocycles. The van der Waals surface area contributed by atoms with Crippen LogP contribution in [0.2, 0.25) is 0 Å². The van der Waals surface area contributed by atoms with Gasteiger partial charge in [0, 0.05) is 6.92 Å². The van der Waals surface area contributed by atoms with Crippen LogP contribution in [0.4, 0.5) is 0 Å². The minimum Gasteiger partial charge on any atom is -0.345 e. The lowest BCUT2D eigenvalue weighted by Gasteiger charge is -2.39. The lowest BCUT2D eigenvalue weighted by Crippen LogP contribution is -2.57. The third-order valence-electron chi connectivity index (χ3n) is 3.82. The van der Waals surface area contributed by atoms with E-state index in [1.807, 2.05) is 13.1 Å². The summed E-state index contributed by atoms with van der Waals surface area (Å²) in [5, 5.41) is 9.97. The van der Waals surface area contributed by atoms with Crippen molar-refractivity contribution in [1.82, 2.24) is 0 Å². The van der Waals surface area contributed by atoms with Crippen LogP contribution in [0, 0.1) is 0 Å². The number of rotatable bonds is 7. The quantitative estimate of drug-likeness (QED) is 0.413. The Kier molecular flexibility index (Phi) is 5.86. The molecule has 0 aromatic heterocycles. The minimum absolute atomic E-state index is 0.113. The molecule has 0 saturated heterocycles. The lowest BCUT2D eigenvalue weighted by molar-refractivity contribution is -0.970. The van der Waals surface area contributed by atoms with E-state index < -0.39 is 0 Å². The zero-order chi connectivity index (χ0) is 12.7. The van der Waals surface area contributed by atoms with Gasteiger partial charge in [0.05, 0.1) is 12.8 Å². The number of aliphatic hydroxyl groups is 1. The van der Waals surface area contributed by atoms with Crippen molar-refractivity contribution in [2.75, 3.05) is 13.1 Å². The zero-order valence-corrected chi connectivity index (χ0v) is 11.5. The number of aliphatic hydroxyl groups excluding tert-OH is 1. The Morgan fingerprint density at radius 3 is 2.82 bits per heavy atom. The van der Waals surface area contributed by atoms with Crippen LogP contribution in [0.25, 0.3) is 0 Å². The Morgan fingerprint density at radius 2 is 2.24 bits per heavy atom. The first kappa shape index (κ1) is 14.4. The molecule has 3 unspecified atom stereocenters. The monoisotopic (exact) mass is 239 g/mol. The summed E-state index contributed by atoms with van der Waals surface area (Å²) in [6, 6.07) is 0. The fourth-order valence-electron chi connectivity index (χ4n) is 2.45. The summed E-state index contributed by atoms with van der Waals surface area (Å²) in [5.41, 5.74) is 0. The summed E-state index contributed by atoms with van der Waals surface area (Å²) in [5.74, 6) is 0. The third-order valence-corrected chi connectivity index (χ3v) is 3.82. The summed E-state index contributed by atoms with van der Waals surface area (Å²) >= 11 is 0. The Morgan fingerprint density at radius 1 is 1.47 bits per heavy atom. The highest BCUT2D eigenvalue weighted by Crippen LogP contribution is 2.23. The second-order valence-electron chi connectivity index (χ2n) is 4.90. The molecule has 0 spiro atoms. The normalized spacial score (nSPS) is 30.2. The van der Waals surface area contributed by atoms with Crippen molar-refractivity contribution in [1.29, 1.82) is 0 Å². The second-order valence-corrected chi connectivity index (χ2v) is 4.90. The van der Waals surface area contributed by atoms with Gasteiger partial charge in [-0.2, -0.15) is 0 Å². The lowest BCUT2D eigenvalue weighted by atomic mass is 10.2. The maximum Gasteiger partial charge on any atom is 0.204 e. The number of hydrogen-bond acceptors (Lipinski definition) is 2. The molecule has 17 heavy (non-hydrogen) atoms. The van der Waals surface area contributed by atoms with Crippen LogP contribution in [0.1, 0.15) is 46.5 Å². The van der Waals surface area contributed by atoms with E-state index in [2.05, 4.69) is 31.0 Å². The molecule has 1 heterocycles. The highest BCUT2D eigenvalue weighted by atomic mass is 16.3. The zero-order valence-electron chi connectivity index (χ0n) is 11.5. The van der Waals surface area contributed by atoms with E-state index >= 15 is 0 Å². The fraction of sp³-hybridized carbons (Fsp3) is 0.786. The predicted molar refractivity (Wildman–Crippen MR) is 72.9 cm³/mol. The van der Waals surface area contributed by atoms with Crippen LogP contribution in [-0.2, 0) is 0 Å². The first-order valence-corrected chi connectivity index (χ1v) is 6.90. The summed E-state index contributed by atoms with van der Waals surface area (Å²) in [6.45, 7) is 7.98. The molecular weight excluding hydrogens is 212 g/mol. The molecule has 1 rings (SSSR count). The molecular formula is C14H27N2O+. The number of allylic oxidation sites excluding steroid dienone is 1.